The Hall–Kier alpha value is -3.76. The molecule has 0 unspecified atom stereocenters. The second kappa shape index (κ2) is 8.40. The Morgan fingerprint density at radius 1 is 1.09 bits per heavy atom. The van der Waals surface area contributed by atoms with Crippen molar-refractivity contribution in [1.82, 2.24) is 20.1 Å². The van der Waals surface area contributed by atoms with Gasteiger partial charge >= 0.3 is 6.18 Å². The summed E-state index contributed by atoms with van der Waals surface area (Å²) in [5.41, 5.74) is -3.51. The van der Waals surface area contributed by atoms with Crippen LogP contribution in [0.15, 0.2) is 64.4 Å². The molecule has 1 aromatic carbocycles. The predicted octanol–water partition coefficient (Wildman–Crippen LogP) is 4.93. The number of aromatic amines is 1. The first kappa shape index (κ1) is 22.9. The molecule has 168 valence electrons. The van der Waals surface area contributed by atoms with E-state index in [0.717, 1.165) is 6.92 Å². The molecule has 6 nitrogen and oxygen atoms in total. The number of benzene rings is 1. The Morgan fingerprint density at radius 3 is 2.41 bits per heavy atom. The molecule has 0 spiro atoms. The Bertz CT molecular complexity index is 1330. The smallest absolute Gasteiger partial charge is 0.329 e. The van der Waals surface area contributed by atoms with Gasteiger partial charge < -0.3 is 4.98 Å². The van der Waals surface area contributed by atoms with E-state index >= 15 is 0 Å². The van der Waals surface area contributed by atoms with Crippen LogP contribution in [0.5, 0.6) is 0 Å². The van der Waals surface area contributed by atoms with Crippen molar-refractivity contribution < 1.29 is 26.7 Å². The fraction of sp³-hybridized carbons (Fsp3) is 0.190. The second-order valence-corrected chi connectivity index (χ2v) is 7.07. The highest BCUT2D eigenvalue weighted by Gasteiger charge is 2.41. The number of alkyl halides is 3. The molecule has 2 aromatic heterocycles. The normalized spacial score (nSPS) is 12.5. The molecule has 0 saturated carbocycles. The number of aromatic nitrogens is 3. The molecule has 0 aliphatic carbocycles. The number of halogens is 5. The van der Waals surface area contributed by atoms with Crippen molar-refractivity contribution in [2.75, 3.05) is 0 Å². The van der Waals surface area contributed by atoms with E-state index in [0.29, 0.717) is 10.9 Å². The third-order valence-corrected chi connectivity index (χ3v) is 4.62. The minimum absolute atomic E-state index is 0.109. The molecule has 11 heteroatoms. The molecule has 0 bridgehead atoms. The largest absolute Gasteiger partial charge is 0.434 e. The molecule has 2 heterocycles. The molecule has 3 aromatic rings. The molecule has 0 radical (unpaired) electrons. The molecule has 0 saturated heterocycles. The summed E-state index contributed by atoms with van der Waals surface area (Å²) in [7, 11) is 0. The van der Waals surface area contributed by atoms with Crippen LogP contribution in [-0.2, 0) is 6.18 Å². The van der Waals surface area contributed by atoms with Crippen LogP contribution >= 0.6 is 0 Å². The summed E-state index contributed by atoms with van der Waals surface area (Å²) in [6.07, 6.45) is -3.17. The van der Waals surface area contributed by atoms with Crippen molar-refractivity contribution in [3.05, 3.63) is 81.2 Å². The van der Waals surface area contributed by atoms with Crippen molar-refractivity contribution in [1.29, 1.82) is 0 Å². The van der Waals surface area contributed by atoms with Gasteiger partial charge in [-0.05, 0) is 44.5 Å². The topological polar surface area (TPSA) is 79.8 Å². The molecule has 2 N–H and O–H groups in total. The van der Waals surface area contributed by atoms with Crippen LogP contribution in [0.1, 0.15) is 36.8 Å². The summed E-state index contributed by atoms with van der Waals surface area (Å²) < 4.78 is 70.4. The van der Waals surface area contributed by atoms with Crippen LogP contribution in [0.4, 0.5) is 22.0 Å². The Labute approximate surface area is 178 Å². The van der Waals surface area contributed by atoms with Crippen molar-refractivity contribution in [3.8, 4) is 5.69 Å². The van der Waals surface area contributed by atoms with Gasteiger partial charge in [0.1, 0.15) is 5.83 Å². The molecule has 0 atom stereocenters. The summed E-state index contributed by atoms with van der Waals surface area (Å²) in [5.74, 6) is -3.82. The lowest BCUT2D eigenvalue weighted by molar-refractivity contribution is -0.143. The van der Waals surface area contributed by atoms with Crippen molar-refractivity contribution in [2.24, 2.45) is 0 Å². The number of rotatable bonds is 4. The van der Waals surface area contributed by atoms with E-state index in [1.165, 1.54) is 44.3 Å². The van der Waals surface area contributed by atoms with E-state index < -0.39 is 46.3 Å². The van der Waals surface area contributed by atoms with Crippen molar-refractivity contribution in [2.45, 2.75) is 26.9 Å². The number of hydrogen-bond acceptors (Lipinski definition) is 3. The first-order chi connectivity index (χ1) is 14.9. The fourth-order valence-corrected chi connectivity index (χ4v) is 3.09. The number of nitrogens with one attached hydrogen (secondary N) is 2. The first-order valence-electron chi connectivity index (χ1n) is 9.20. The highest BCUT2D eigenvalue weighted by molar-refractivity contribution is 5.97. The van der Waals surface area contributed by atoms with Gasteiger partial charge in [-0.25, -0.2) is 9.07 Å². The molecular weight excluding hydrogens is 435 g/mol. The van der Waals surface area contributed by atoms with Crippen LogP contribution < -0.4 is 10.9 Å². The van der Waals surface area contributed by atoms with Crippen LogP contribution in [0.25, 0.3) is 16.5 Å². The zero-order valence-electron chi connectivity index (χ0n) is 17.1. The van der Waals surface area contributed by atoms with Crippen LogP contribution in [0.3, 0.4) is 0 Å². The van der Waals surface area contributed by atoms with Crippen molar-refractivity contribution in [3.63, 3.8) is 0 Å². The predicted molar refractivity (Wildman–Crippen MR) is 107 cm³/mol. The van der Waals surface area contributed by atoms with E-state index in [9.17, 15) is 31.5 Å². The number of nitrogens with zero attached hydrogens (tertiary/aromatic N) is 2. The summed E-state index contributed by atoms with van der Waals surface area (Å²) in [5, 5.41) is 5.59. The summed E-state index contributed by atoms with van der Waals surface area (Å²) in [4.78, 5) is 26.9. The van der Waals surface area contributed by atoms with E-state index in [-0.39, 0.29) is 22.0 Å². The lowest BCUT2D eigenvalue weighted by Crippen LogP contribution is -2.26. The highest BCUT2D eigenvalue weighted by atomic mass is 19.4. The van der Waals surface area contributed by atoms with Gasteiger partial charge in [0.2, 0.25) is 0 Å². The number of carbonyl (C=O) groups excluding carboxylic acids is 1. The van der Waals surface area contributed by atoms with Crippen LogP contribution in [-0.4, -0.2) is 20.7 Å². The van der Waals surface area contributed by atoms with Gasteiger partial charge in [0.05, 0.1) is 17.4 Å². The van der Waals surface area contributed by atoms with E-state index in [4.69, 9.17) is 0 Å². The third kappa shape index (κ3) is 4.18. The zero-order valence-corrected chi connectivity index (χ0v) is 17.1. The lowest BCUT2D eigenvalue weighted by atomic mass is 10.1. The molecule has 32 heavy (non-hydrogen) atoms. The quantitative estimate of drug-likeness (QED) is 0.335. The third-order valence-electron chi connectivity index (χ3n) is 4.62. The number of pyridine rings is 1. The van der Waals surface area contributed by atoms with Crippen molar-refractivity contribution >= 4 is 16.7 Å². The average Bonchev–Trinajstić information content (AvgIpc) is 3.18. The molecule has 0 aliphatic heterocycles. The fourth-order valence-electron chi connectivity index (χ4n) is 3.09. The minimum atomic E-state index is -5.06. The Balaban J connectivity index is 2.16. The number of fused-ring (bicyclic) bond motifs is 1. The summed E-state index contributed by atoms with van der Waals surface area (Å²) in [6.45, 7) is 3.78. The van der Waals surface area contributed by atoms with Gasteiger partial charge in [-0.2, -0.15) is 22.7 Å². The average molecular weight is 452 g/mol. The maximum absolute atomic E-state index is 14.3. The minimum Gasteiger partial charge on any atom is -0.329 e. The number of hydrogen-bond donors (Lipinski definition) is 2. The lowest BCUT2D eigenvalue weighted by Gasteiger charge is -2.14. The SMILES string of the molecule is CC(C)=C(F)/C(C)=C(\F)NC(=O)c1cnn(-c2cccc3c(=O)[nH]ccc23)c1C(F)(F)F. The molecule has 3 rings (SSSR count). The summed E-state index contributed by atoms with van der Waals surface area (Å²) in [6, 6.07) is 5.47. The maximum atomic E-state index is 14.3. The molecular formula is C21H17F5N4O2. The zero-order chi connectivity index (χ0) is 23.8. The second-order valence-electron chi connectivity index (χ2n) is 7.07. The number of H-pyrrole nitrogens is 1. The first-order valence-corrected chi connectivity index (χ1v) is 9.20. The van der Waals surface area contributed by atoms with Crippen LogP contribution in [0.2, 0.25) is 0 Å². The molecule has 0 aliphatic rings. The standard InChI is InChI=1S/C21H17F5N4O2/c1-10(2)16(22)11(3)18(23)29-20(32)14-9-28-30(17(14)21(24,25)26)15-6-4-5-13-12(15)7-8-27-19(13)31/h4-9H,1-3H3,(H,27,31)(H,29,32)/b18-11+. The van der Waals surface area contributed by atoms with Gasteiger partial charge in [-0.1, -0.05) is 6.07 Å². The van der Waals surface area contributed by atoms with E-state index in [2.05, 4.69) is 10.1 Å². The van der Waals surface area contributed by atoms with Gasteiger partial charge in [-0.3, -0.25) is 14.9 Å². The van der Waals surface area contributed by atoms with E-state index in [1.807, 2.05) is 0 Å². The number of amides is 1. The Kier molecular flexibility index (Phi) is 6.02. The number of allylic oxidation sites excluding steroid dienone is 3. The van der Waals surface area contributed by atoms with Gasteiger partial charge in [0, 0.05) is 22.5 Å². The summed E-state index contributed by atoms with van der Waals surface area (Å²) >= 11 is 0. The van der Waals surface area contributed by atoms with Crippen LogP contribution in [0, 0.1) is 0 Å². The van der Waals surface area contributed by atoms with Gasteiger partial charge in [-0.15, -0.1) is 0 Å². The van der Waals surface area contributed by atoms with Gasteiger partial charge in [0.15, 0.2) is 11.6 Å². The molecule has 0 fully saturated rings. The molecule has 1 amide bonds. The number of carbonyl (C=O) groups is 1. The highest BCUT2D eigenvalue weighted by Crippen LogP contribution is 2.35. The maximum Gasteiger partial charge on any atom is 0.434 e. The van der Waals surface area contributed by atoms with E-state index in [1.54, 1.807) is 5.32 Å². The monoisotopic (exact) mass is 452 g/mol. The van der Waals surface area contributed by atoms with Gasteiger partial charge in [0.25, 0.3) is 11.5 Å². The Morgan fingerprint density at radius 2 is 1.78 bits per heavy atom.